The van der Waals surface area contributed by atoms with Crippen molar-refractivity contribution < 1.29 is 13.2 Å². The van der Waals surface area contributed by atoms with Gasteiger partial charge in [-0.1, -0.05) is 13.0 Å². The molecule has 1 aromatic carbocycles. The summed E-state index contributed by atoms with van der Waals surface area (Å²) in [5, 5.41) is 2.96. The Morgan fingerprint density at radius 3 is 2.56 bits per heavy atom. The normalized spacial score (nSPS) is 17.9. The predicted octanol–water partition coefficient (Wildman–Crippen LogP) is 2.22. The molecule has 1 heterocycles. The number of sulfonamides is 1. The van der Waals surface area contributed by atoms with Crippen LogP contribution in [0.2, 0.25) is 0 Å². The zero-order chi connectivity index (χ0) is 18.6. The van der Waals surface area contributed by atoms with Crippen molar-refractivity contribution in [2.45, 2.75) is 39.7 Å². The van der Waals surface area contributed by atoms with Crippen LogP contribution in [0.3, 0.4) is 0 Å². The van der Waals surface area contributed by atoms with Crippen molar-refractivity contribution >= 4 is 21.6 Å². The summed E-state index contributed by atoms with van der Waals surface area (Å²) in [5.74, 6) is 0.597. The number of benzene rings is 1. The van der Waals surface area contributed by atoms with E-state index >= 15 is 0 Å². The Kier molecular flexibility index (Phi) is 6.46. The second kappa shape index (κ2) is 8.19. The molecule has 6 nitrogen and oxygen atoms in total. The van der Waals surface area contributed by atoms with Gasteiger partial charge in [0.2, 0.25) is 10.0 Å². The van der Waals surface area contributed by atoms with E-state index in [0.717, 1.165) is 30.8 Å². The average molecular weight is 368 g/mol. The van der Waals surface area contributed by atoms with Gasteiger partial charge in [-0.05, 0) is 63.4 Å². The molecule has 1 amide bonds. The summed E-state index contributed by atoms with van der Waals surface area (Å²) >= 11 is 0. The third kappa shape index (κ3) is 6.01. The fourth-order valence-corrected chi connectivity index (χ4v) is 3.63. The van der Waals surface area contributed by atoms with E-state index in [1.807, 2.05) is 0 Å². The van der Waals surface area contributed by atoms with Gasteiger partial charge in [-0.15, -0.1) is 0 Å². The monoisotopic (exact) mass is 367 g/mol. The number of nitrogens with zero attached hydrogens (tertiary/aromatic N) is 1. The SMILES string of the molecule is Cc1ccc(C(=O)NCC(C)N2CCC(C)CC2)cc1NS(C)(=O)=O. The molecular formula is C18H29N3O3S. The van der Waals surface area contributed by atoms with Crippen LogP contribution in [-0.4, -0.2) is 51.2 Å². The minimum Gasteiger partial charge on any atom is -0.350 e. The summed E-state index contributed by atoms with van der Waals surface area (Å²) in [6, 6.07) is 5.33. The molecule has 0 aromatic heterocycles. The lowest BCUT2D eigenvalue weighted by Crippen LogP contribution is -2.45. The van der Waals surface area contributed by atoms with Gasteiger partial charge in [0.15, 0.2) is 0 Å². The molecule has 0 bridgehead atoms. The third-order valence-corrected chi connectivity index (χ3v) is 5.39. The van der Waals surface area contributed by atoms with E-state index in [1.165, 1.54) is 12.8 Å². The summed E-state index contributed by atoms with van der Waals surface area (Å²) in [7, 11) is -3.38. The molecule has 7 heteroatoms. The van der Waals surface area contributed by atoms with Crippen LogP contribution < -0.4 is 10.0 Å². The first-order chi connectivity index (χ1) is 11.7. The van der Waals surface area contributed by atoms with Crippen LogP contribution in [0.1, 0.15) is 42.6 Å². The number of rotatable bonds is 6. The van der Waals surface area contributed by atoms with Crippen LogP contribution in [0.5, 0.6) is 0 Å². The number of nitrogens with one attached hydrogen (secondary N) is 2. The minimum atomic E-state index is -3.38. The topological polar surface area (TPSA) is 78.5 Å². The fraction of sp³-hybridized carbons (Fsp3) is 0.611. The molecule has 1 aliphatic rings. The van der Waals surface area contributed by atoms with Crippen molar-refractivity contribution in [1.82, 2.24) is 10.2 Å². The largest absolute Gasteiger partial charge is 0.350 e. The van der Waals surface area contributed by atoms with Gasteiger partial charge in [0.05, 0.1) is 11.9 Å². The van der Waals surface area contributed by atoms with Crippen LogP contribution in [0.4, 0.5) is 5.69 Å². The summed E-state index contributed by atoms with van der Waals surface area (Å²) in [5.41, 5.74) is 1.67. The Morgan fingerprint density at radius 2 is 1.96 bits per heavy atom. The number of aryl methyl sites for hydroxylation is 1. The maximum atomic E-state index is 12.4. The quantitative estimate of drug-likeness (QED) is 0.808. The fourth-order valence-electron chi connectivity index (χ4n) is 3.01. The molecule has 0 radical (unpaired) electrons. The first kappa shape index (κ1) is 19.7. The van der Waals surface area contributed by atoms with Crippen LogP contribution in [0.25, 0.3) is 0 Å². The molecule has 2 rings (SSSR count). The molecule has 1 fully saturated rings. The van der Waals surface area contributed by atoms with Crippen LogP contribution in [0, 0.1) is 12.8 Å². The highest BCUT2D eigenvalue weighted by molar-refractivity contribution is 7.92. The Bertz CT molecular complexity index is 710. The van der Waals surface area contributed by atoms with Gasteiger partial charge in [0.1, 0.15) is 0 Å². The Hall–Kier alpha value is -1.60. The van der Waals surface area contributed by atoms with Gasteiger partial charge in [0.25, 0.3) is 5.91 Å². The molecule has 25 heavy (non-hydrogen) atoms. The van der Waals surface area contributed by atoms with E-state index in [9.17, 15) is 13.2 Å². The highest BCUT2D eigenvalue weighted by atomic mass is 32.2. The average Bonchev–Trinajstić information content (AvgIpc) is 2.53. The number of hydrogen-bond donors (Lipinski definition) is 2. The number of carbonyl (C=O) groups excluding carboxylic acids is 1. The second-order valence-electron chi connectivity index (χ2n) is 7.18. The molecule has 2 N–H and O–H groups in total. The maximum Gasteiger partial charge on any atom is 0.251 e. The van der Waals surface area contributed by atoms with Gasteiger partial charge in [-0.25, -0.2) is 8.42 Å². The van der Waals surface area contributed by atoms with E-state index in [2.05, 4.69) is 28.8 Å². The van der Waals surface area contributed by atoms with E-state index in [4.69, 9.17) is 0 Å². The lowest BCUT2D eigenvalue weighted by Gasteiger charge is -2.35. The summed E-state index contributed by atoms with van der Waals surface area (Å²) < 4.78 is 25.3. The molecule has 1 unspecified atom stereocenters. The smallest absolute Gasteiger partial charge is 0.251 e. The Balaban J connectivity index is 1.95. The molecule has 0 spiro atoms. The maximum absolute atomic E-state index is 12.4. The lowest BCUT2D eigenvalue weighted by molar-refractivity contribution is 0.0921. The van der Waals surface area contributed by atoms with Crippen LogP contribution in [-0.2, 0) is 10.0 Å². The van der Waals surface area contributed by atoms with Gasteiger partial charge < -0.3 is 5.32 Å². The van der Waals surface area contributed by atoms with Crippen LogP contribution in [0.15, 0.2) is 18.2 Å². The number of piperidine rings is 1. The molecule has 1 aromatic rings. The van der Waals surface area contributed by atoms with Crippen LogP contribution >= 0.6 is 0 Å². The zero-order valence-electron chi connectivity index (χ0n) is 15.5. The summed E-state index contributed by atoms with van der Waals surface area (Å²) in [4.78, 5) is 14.8. The van der Waals surface area contributed by atoms with Crippen molar-refractivity contribution in [1.29, 1.82) is 0 Å². The molecular weight excluding hydrogens is 338 g/mol. The standard InChI is InChI=1S/C18H29N3O3S/c1-13-7-9-21(10-8-13)15(3)12-19-18(22)16-6-5-14(2)17(11-16)20-25(4,23)24/h5-6,11,13,15,20H,7-10,12H2,1-4H3,(H,19,22). The zero-order valence-corrected chi connectivity index (χ0v) is 16.3. The molecule has 1 saturated heterocycles. The van der Waals surface area contributed by atoms with E-state index in [0.29, 0.717) is 17.8 Å². The van der Waals surface area contributed by atoms with Gasteiger partial charge >= 0.3 is 0 Å². The number of hydrogen-bond acceptors (Lipinski definition) is 4. The number of anilines is 1. The third-order valence-electron chi connectivity index (χ3n) is 4.79. The molecule has 0 aliphatic carbocycles. The van der Waals surface area contributed by atoms with Gasteiger partial charge in [-0.2, -0.15) is 0 Å². The number of carbonyl (C=O) groups is 1. The van der Waals surface area contributed by atoms with E-state index in [1.54, 1.807) is 25.1 Å². The van der Waals surface area contributed by atoms with E-state index in [-0.39, 0.29) is 11.9 Å². The molecule has 1 aliphatic heterocycles. The van der Waals surface area contributed by atoms with Gasteiger partial charge in [0, 0.05) is 18.2 Å². The van der Waals surface area contributed by atoms with Gasteiger partial charge in [-0.3, -0.25) is 14.4 Å². The summed E-state index contributed by atoms with van der Waals surface area (Å²) in [6.45, 7) is 8.94. The Labute approximate surface area is 151 Å². The number of likely N-dealkylation sites (tertiary alicyclic amines) is 1. The predicted molar refractivity (Wildman–Crippen MR) is 101 cm³/mol. The second-order valence-corrected chi connectivity index (χ2v) is 8.93. The van der Waals surface area contributed by atoms with Crippen molar-refractivity contribution in [3.63, 3.8) is 0 Å². The van der Waals surface area contributed by atoms with Crippen molar-refractivity contribution in [2.75, 3.05) is 30.6 Å². The molecule has 140 valence electrons. The molecule has 0 saturated carbocycles. The summed E-state index contributed by atoms with van der Waals surface area (Å²) in [6.07, 6.45) is 3.51. The highest BCUT2D eigenvalue weighted by Gasteiger charge is 2.21. The van der Waals surface area contributed by atoms with E-state index < -0.39 is 10.0 Å². The Morgan fingerprint density at radius 1 is 1.32 bits per heavy atom. The first-order valence-electron chi connectivity index (χ1n) is 8.76. The molecule has 1 atom stereocenters. The minimum absolute atomic E-state index is 0.186. The van der Waals surface area contributed by atoms with Crippen molar-refractivity contribution in [2.24, 2.45) is 5.92 Å². The van der Waals surface area contributed by atoms with Crippen molar-refractivity contribution in [3.8, 4) is 0 Å². The highest BCUT2D eigenvalue weighted by Crippen LogP contribution is 2.19. The number of amides is 1. The van der Waals surface area contributed by atoms with Crippen molar-refractivity contribution in [3.05, 3.63) is 29.3 Å². The first-order valence-corrected chi connectivity index (χ1v) is 10.7. The lowest BCUT2D eigenvalue weighted by atomic mass is 9.98.